The van der Waals surface area contributed by atoms with E-state index >= 15 is 0 Å². The van der Waals surface area contributed by atoms with Gasteiger partial charge in [-0.1, -0.05) is 23.4 Å². The number of ether oxygens (including phenoxy) is 1. The van der Waals surface area contributed by atoms with Crippen LogP contribution in [-0.2, 0) is 30.5 Å². The van der Waals surface area contributed by atoms with Crippen molar-refractivity contribution in [3.63, 3.8) is 0 Å². The molecule has 1 aromatic heterocycles. The molecular formula is C19H24F3N3O2. The van der Waals surface area contributed by atoms with Crippen molar-refractivity contribution in [3.8, 4) is 0 Å². The van der Waals surface area contributed by atoms with Crippen molar-refractivity contribution >= 4 is 0 Å². The Labute approximate surface area is 156 Å². The van der Waals surface area contributed by atoms with Gasteiger partial charge in [0.25, 0.3) is 5.89 Å². The van der Waals surface area contributed by atoms with E-state index in [9.17, 15) is 13.2 Å². The molecule has 0 bridgehead atoms. The zero-order valence-corrected chi connectivity index (χ0v) is 15.3. The Morgan fingerprint density at radius 3 is 2.96 bits per heavy atom. The molecular weight excluding hydrogens is 359 g/mol. The molecule has 1 aliphatic heterocycles. The molecule has 1 fully saturated rings. The fraction of sp³-hybridized carbons (Fsp3) is 0.579. The van der Waals surface area contributed by atoms with Gasteiger partial charge in [0, 0.05) is 13.7 Å². The molecule has 2 heterocycles. The van der Waals surface area contributed by atoms with Crippen LogP contribution in [0.1, 0.15) is 42.1 Å². The van der Waals surface area contributed by atoms with E-state index in [4.69, 9.17) is 9.26 Å². The first-order valence-electron chi connectivity index (χ1n) is 9.13. The minimum atomic E-state index is -4.29. The Hall–Kier alpha value is -1.93. The quantitative estimate of drug-likeness (QED) is 0.721. The van der Waals surface area contributed by atoms with Gasteiger partial charge in [0.2, 0.25) is 0 Å². The van der Waals surface area contributed by atoms with Crippen molar-refractivity contribution in [2.45, 2.75) is 45.0 Å². The second-order valence-corrected chi connectivity index (χ2v) is 7.02. The molecule has 5 nitrogen and oxygen atoms in total. The lowest BCUT2D eigenvalue weighted by Crippen LogP contribution is -2.35. The smallest absolute Gasteiger partial charge is 0.375 e. The molecule has 2 aromatic rings. The summed E-state index contributed by atoms with van der Waals surface area (Å²) in [5.41, 5.74) is 0.165. The summed E-state index contributed by atoms with van der Waals surface area (Å²) < 4.78 is 48.6. The van der Waals surface area contributed by atoms with Gasteiger partial charge >= 0.3 is 6.18 Å². The minimum absolute atomic E-state index is 0.298. The highest BCUT2D eigenvalue weighted by atomic mass is 19.4. The number of alkyl halides is 3. The van der Waals surface area contributed by atoms with Gasteiger partial charge < -0.3 is 9.26 Å². The van der Waals surface area contributed by atoms with Gasteiger partial charge in [0.05, 0.1) is 12.1 Å². The molecule has 0 radical (unpaired) electrons. The standard InChI is InChI=1S/C19H24F3N3O2/c1-26-13-18-23-17(24-27-18)12-25-9-3-5-15(11-25)8-7-14-4-2-6-16(10-14)19(20,21)22/h2,4,6,10,15H,3,5,7-9,11-13H2,1H3/t15-/m1/s1. The van der Waals surface area contributed by atoms with Crippen LogP contribution in [0.15, 0.2) is 28.8 Å². The lowest BCUT2D eigenvalue weighted by Gasteiger charge is -2.32. The number of piperidine rings is 1. The van der Waals surface area contributed by atoms with Gasteiger partial charge in [0.1, 0.15) is 6.61 Å². The van der Waals surface area contributed by atoms with E-state index in [2.05, 4.69) is 15.0 Å². The summed E-state index contributed by atoms with van der Waals surface area (Å²) in [5.74, 6) is 1.56. The molecule has 0 saturated carbocycles. The largest absolute Gasteiger partial charge is 0.416 e. The maximum Gasteiger partial charge on any atom is 0.416 e. The molecule has 1 atom stereocenters. The van der Waals surface area contributed by atoms with Gasteiger partial charge in [-0.2, -0.15) is 18.2 Å². The summed E-state index contributed by atoms with van der Waals surface area (Å²) in [5, 5.41) is 3.97. The minimum Gasteiger partial charge on any atom is -0.375 e. The second-order valence-electron chi connectivity index (χ2n) is 7.02. The molecule has 1 aliphatic rings. The summed E-state index contributed by atoms with van der Waals surface area (Å²) in [6.07, 6.45) is -0.599. The molecule has 148 valence electrons. The van der Waals surface area contributed by atoms with Crippen molar-refractivity contribution in [3.05, 3.63) is 47.1 Å². The lowest BCUT2D eigenvalue weighted by molar-refractivity contribution is -0.137. The average molecular weight is 383 g/mol. The van der Waals surface area contributed by atoms with Gasteiger partial charge in [0.15, 0.2) is 5.82 Å². The summed E-state index contributed by atoms with van der Waals surface area (Å²) in [4.78, 5) is 6.57. The van der Waals surface area contributed by atoms with Crippen LogP contribution >= 0.6 is 0 Å². The highest BCUT2D eigenvalue weighted by molar-refractivity contribution is 5.25. The van der Waals surface area contributed by atoms with Gasteiger partial charge in [-0.05, 0) is 49.8 Å². The topological polar surface area (TPSA) is 51.4 Å². The first kappa shape index (κ1) is 19.8. The molecule has 3 rings (SSSR count). The number of aromatic nitrogens is 2. The monoisotopic (exact) mass is 383 g/mol. The highest BCUT2D eigenvalue weighted by Crippen LogP contribution is 2.30. The third-order valence-electron chi connectivity index (χ3n) is 4.84. The average Bonchev–Trinajstić information content (AvgIpc) is 3.07. The first-order valence-corrected chi connectivity index (χ1v) is 9.13. The van der Waals surface area contributed by atoms with E-state index in [1.54, 1.807) is 13.2 Å². The van der Waals surface area contributed by atoms with Gasteiger partial charge in [-0.15, -0.1) is 0 Å². The fourth-order valence-electron chi connectivity index (χ4n) is 3.54. The molecule has 0 aliphatic carbocycles. The third-order valence-corrected chi connectivity index (χ3v) is 4.84. The molecule has 0 unspecified atom stereocenters. The Bertz CT molecular complexity index is 733. The van der Waals surface area contributed by atoms with Crippen LogP contribution in [-0.4, -0.2) is 35.2 Å². The number of nitrogens with zero attached hydrogens (tertiary/aromatic N) is 3. The van der Waals surface area contributed by atoms with Crippen LogP contribution in [0.4, 0.5) is 13.2 Å². The molecule has 0 spiro atoms. The zero-order chi connectivity index (χ0) is 19.3. The predicted octanol–water partition coefficient (Wildman–Crippen LogP) is 4.08. The van der Waals surface area contributed by atoms with E-state index in [-0.39, 0.29) is 0 Å². The molecule has 8 heteroatoms. The molecule has 1 aromatic carbocycles. The molecule has 0 amide bonds. The predicted molar refractivity (Wildman–Crippen MR) is 92.8 cm³/mol. The molecule has 0 N–H and O–H groups in total. The number of rotatable bonds is 7. The fourth-order valence-corrected chi connectivity index (χ4v) is 3.54. The van der Waals surface area contributed by atoms with Gasteiger partial charge in [-0.25, -0.2) is 0 Å². The van der Waals surface area contributed by atoms with E-state index in [1.807, 2.05) is 0 Å². The SMILES string of the molecule is COCc1nc(CN2CCC[C@H](CCc3cccc(C(F)(F)F)c3)C2)no1. The van der Waals surface area contributed by atoms with Crippen molar-refractivity contribution in [2.75, 3.05) is 20.2 Å². The van der Waals surface area contributed by atoms with Crippen LogP contribution in [0.25, 0.3) is 0 Å². The van der Waals surface area contributed by atoms with Crippen LogP contribution in [0.2, 0.25) is 0 Å². The van der Waals surface area contributed by atoms with E-state index < -0.39 is 11.7 Å². The van der Waals surface area contributed by atoms with Crippen LogP contribution in [0.5, 0.6) is 0 Å². The molecule has 27 heavy (non-hydrogen) atoms. The maximum absolute atomic E-state index is 12.8. The Morgan fingerprint density at radius 1 is 1.33 bits per heavy atom. The summed E-state index contributed by atoms with van der Waals surface area (Å²) in [6, 6.07) is 5.64. The Morgan fingerprint density at radius 2 is 2.19 bits per heavy atom. The summed E-state index contributed by atoms with van der Waals surface area (Å²) >= 11 is 0. The summed E-state index contributed by atoms with van der Waals surface area (Å²) in [7, 11) is 1.57. The number of halogens is 3. The number of benzene rings is 1. The van der Waals surface area contributed by atoms with E-state index in [0.29, 0.717) is 37.2 Å². The van der Waals surface area contributed by atoms with Crippen LogP contribution in [0.3, 0.4) is 0 Å². The first-order chi connectivity index (χ1) is 12.9. The second kappa shape index (κ2) is 8.84. The van der Waals surface area contributed by atoms with Crippen molar-refractivity contribution in [2.24, 2.45) is 5.92 Å². The van der Waals surface area contributed by atoms with Crippen molar-refractivity contribution < 1.29 is 22.4 Å². The maximum atomic E-state index is 12.8. The number of hydrogen-bond acceptors (Lipinski definition) is 5. The summed E-state index contributed by atoms with van der Waals surface area (Å²) in [6.45, 7) is 2.78. The van der Waals surface area contributed by atoms with Crippen LogP contribution in [0, 0.1) is 5.92 Å². The number of likely N-dealkylation sites (tertiary alicyclic amines) is 1. The third kappa shape index (κ3) is 5.77. The zero-order valence-electron chi connectivity index (χ0n) is 15.3. The van der Waals surface area contributed by atoms with Crippen molar-refractivity contribution in [1.29, 1.82) is 0 Å². The Balaban J connectivity index is 1.51. The lowest BCUT2D eigenvalue weighted by atomic mass is 9.91. The number of aryl methyl sites for hydroxylation is 1. The Kier molecular flexibility index (Phi) is 6.49. The van der Waals surface area contributed by atoms with Crippen LogP contribution < -0.4 is 0 Å². The number of methoxy groups -OCH3 is 1. The highest BCUT2D eigenvalue weighted by Gasteiger charge is 2.30. The van der Waals surface area contributed by atoms with E-state index in [1.165, 1.54) is 12.1 Å². The van der Waals surface area contributed by atoms with Gasteiger partial charge in [-0.3, -0.25) is 4.90 Å². The number of hydrogen-bond donors (Lipinski definition) is 0. The molecule has 1 saturated heterocycles. The van der Waals surface area contributed by atoms with E-state index in [0.717, 1.165) is 44.0 Å². The normalized spacial score (nSPS) is 18.7. The van der Waals surface area contributed by atoms with Crippen molar-refractivity contribution in [1.82, 2.24) is 15.0 Å².